The molecule has 1 aliphatic carbocycles. The number of aryl methyl sites for hydroxylation is 2. The Kier molecular flexibility index (Phi) is 4.22. The molecule has 21 heavy (non-hydrogen) atoms. The molecule has 3 rings (SSSR count). The maximum absolute atomic E-state index is 5.90. The molecule has 0 unspecified atom stereocenters. The molecule has 5 heteroatoms. The topological polar surface area (TPSA) is 42.2 Å². The predicted octanol–water partition coefficient (Wildman–Crippen LogP) is 2.94. The second-order valence-corrected chi connectivity index (χ2v) is 6.91. The minimum atomic E-state index is 0.440. The molecule has 2 aromatic rings. The summed E-state index contributed by atoms with van der Waals surface area (Å²) in [5.74, 6) is 0.930. The maximum atomic E-state index is 5.90. The number of thiophene rings is 1. The zero-order chi connectivity index (χ0) is 14.8. The fraction of sp³-hybridized carbons (Fsp3) is 0.375. The van der Waals surface area contributed by atoms with Crippen LogP contribution < -0.4 is 10.6 Å². The summed E-state index contributed by atoms with van der Waals surface area (Å²) in [6.07, 6.45) is 4.36. The Hall–Kier alpha value is -1.46. The van der Waals surface area contributed by atoms with Gasteiger partial charge in [-0.2, -0.15) is 0 Å². The number of nitrogens with two attached hydrogens (primary N) is 1. The second-order valence-electron chi connectivity index (χ2n) is 5.43. The summed E-state index contributed by atoms with van der Waals surface area (Å²) in [4.78, 5) is 8.84. The van der Waals surface area contributed by atoms with Gasteiger partial charge in [-0.05, 0) is 48.8 Å². The first-order chi connectivity index (χ1) is 10.1. The highest BCUT2D eigenvalue weighted by atomic mass is 32.1. The standard InChI is InChI=1S/C16H19N3S2/c1-19(8-7-12-5-3-9-21-12)16-13(15(17)20)10-11-4-2-6-14(11)18-16/h3,5,9-10H,2,4,6-8H2,1H3,(H2,17,20). The average molecular weight is 317 g/mol. The van der Waals surface area contributed by atoms with Crippen LogP contribution in [0, 0.1) is 0 Å². The van der Waals surface area contributed by atoms with Gasteiger partial charge in [0.25, 0.3) is 0 Å². The molecule has 2 N–H and O–H groups in total. The average Bonchev–Trinajstić information content (AvgIpc) is 3.13. The Morgan fingerprint density at radius 3 is 3.05 bits per heavy atom. The summed E-state index contributed by atoms with van der Waals surface area (Å²) in [6.45, 7) is 0.919. The predicted molar refractivity (Wildman–Crippen MR) is 93.4 cm³/mol. The molecule has 110 valence electrons. The highest BCUT2D eigenvalue weighted by molar-refractivity contribution is 7.80. The van der Waals surface area contributed by atoms with E-state index in [-0.39, 0.29) is 0 Å². The first kappa shape index (κ1) is 14.5. The van der Waals surface area contributed by atoms with Gasteiger partial charge in [0.15, 0.2) is 0 Å². The van der Waals surface area contributed by atoms with E-state index in [1.807, 2.05) is 0 Å². The van der Waals surface area contributed by atoms with E-state index in [1.165, 1.54) is 22.6 Å². The van der Waals surface area contributed by atoms with Gasteiger partial charge in [0.05, 0.1) is 5.56 Å². The van der Waals surface area contributed by atoms with Crippen LogP contribution in [0.1, 0.15) is 28.1 Å². The van der Waals surface area contributed by atoms with Crippen LogP contribution in [0.25, 0.3) is 0 Å². The van der Waals surface area contributed by atoms with Crippen LogP contribution in [0.2, 0.25) is 0 Å². The van der Waals surface area contributed by atoms with E-state index in [1.54, 1.807) is 11.3 Å². The summed E-state index contributed by atoms with van der Waals surface area (Å²) in [7, 11) is 2.07. The van der Waals surface area contributed by atoms with Gasteiger partial charge in [-0.25, -0.2) is 4.98 Å². The summed E-state index contributed by atoms with van der Waals surface area (Å²) in [5.41, 5.74) is 9.35. The molecule has 0 aromatic carbocycles. The third kappa shape index (κ3) is 3.09. The van der Waals surface area contributed by atoms with Gasteiger partial charge in [-0.1, -0.05) is 18.3 Å². The molecule has 0 saturated carbocycles. The van der Waals surface area contributed by atoms with Crippen LogP contribution in [-0.2, 0) is 19.3 Å². The minimum absolute atomic E-state index is 0.440. The van der Waals surface area contributed by atoms with Crippen LogP contribution in [-0.4, -0.2) is 23.6 Å². The molecule has 0 spiro atoms. The van der Waals surface area contributed by atoms with E-state index in [9.17, 15) is 0 Å². The zero-order valence-corrected chi connectivity index (χ0v) is 13.8. The molecule has 0 bridgehead atoms. The van der Waals surface area contributed by atoms with E-state index in [4.69, 9.17) is 22.9 Å². The number of nitrogens with zero attached hydrogens (tertiary/aromatic N) is 2. The first-order valence-electron chi connectivity index (χ1n) is 7.21. The number of fused-ring (bicyclic) bond motifs is 1. The largest absolute Gasteiger partial charge is 0.389 e. The second kappa shape index (κ2) is 6.12. The van der Waals surface area contributed by atoms with Crippen LogP contribution in [0.4, 0.5) is 5.82 Å². The summed E-state index contributed by atoms with van der Waals surface area (Å²) < 4.78 is 0. The van der Waals surface area contributed by atoms with Gasteiger partial charge < -0.3 is 10.6 Å². The Bertz CT molecular complexity index is 650. The number of anilines is 1. The molecule has 0 aliphatic heterocycles. The molecule has 0 saturated heterocycles. The molecule has 0 radical (unpaired) electrons. The van der Waals surface area contributed by atoms with E-state index < -0.39 is 0 Å². The monoisotopic (exact) mass is 317 g/mol. The molecular formula is C16H19N3S2. The SMILES string of the molecule is CN(CCc1cccs1)c1nc2c(cc1C(N)=S)CCC2. The van der Waals surface area contributed by atoms with Crippen molar-refractivity contribution in [1.82, 2.24) is 4.98 Å². The molecule has 0 amide bonds. The number of thiocarbonyl (C=S) groups is 1. The summed E-state index contributed by atoms with van der Waals surface area (Å²) >= 11 is 7.01. The highest BCUT2D eigenvalue weighted by Crippen LogP contribution is 2.27. The summed E-state index contributed by atoms with van der Waals surface area (Å²) in [5, 5.41) is 2.11. The minimum Gasteiger partial charge on any atom is -0.389 e. The van der Waals surface area contributed by atoms with E-state index >= 15 is 0 Å². The maximum Gasteiger partial charge on any atom is 0.138 e. The number of hydrogen-bond donors (Lipinski definition) is 1. The molecule has 3 nitrogen and oxygen atoms in total. The first-order valence-corrected chi connectivity index (χ1v) is 8.50. The number of pyridine rings is 1. The van der Waals surface area contributed by atoms with Crippen molar-refractivity contribution >= 4 is 34.4 Å². The van der Waals surface area contributed by atoms with Crippen molar-refractivity contribution in [1.29, 1.82) is 0 Å². The van der Waals surface area contributed by atoms with Crippen LogP contribution in [0.15, 0.2) is 23.6 Å². The van der Waals surface area contributed by atoms with Crippen LogP contribution in [0.5, 0.6) is 0 Å². The zero-order valence-electron chi connectivity index (χ0n) is 12.1. The van der Waals surface area contributed by atoms with E-state index in [2.05, 4.69) is 35.5 Å². The van der Waals surface area contributed by atoms with Crippen LogP contribution in [0.3, 0.4) is 0 Å². The van der Waals surface area contributed by atoms with Crippen molar-refractivity contribution in [2.45, 2.75) is 25.7 Å². The Morgan fingerprint density at radius 2 is 2.33 bits per heavy atom. The Morgan fingerprint density at radius 1 is 1.48 bits per heavy atom. The van der Waals surface area contributed by atoms with Gasteiger partial charge in [-0.15, -0.1) is 11.3 Å². The number of rotatable bonds is 5. The van der Waals surface area contributed by atoms with Gasteiger partial charge in [-0.3, -0.25) is 0 Å². The number of likely N-dealkylation sites (N-methyl/N-ethyl adjacent to an activating group) is 1. The van der Waals surface area contributed by atoms with Crippen molar-refractivity contribution in [3.05, 3.63) is 45.3 Å². The van der Waals surface area contributed by atoms with Gasteiger partial charge >= 0.3 is 0 Å². The molecule has 2 aromatic heterocycles. The molecule has 1 aliphatic rings. The molecule has 0 atom stereocenters. The quantitative estimate of drug-likeness (QED) is 0.861. The fourth-order valence-electron chi connectivity index (χ4n) is 2.77. The summed E-state index contributed by atoms with van der Waals surface area (Å²) in [6, 6.07) is 6.41. The number of hydrogen-bond acceptors (Lipinski definition) is 4. The van der Waals surface area contributed by atoms with E-state index in [0.717, 1.165) is 37.2 Å². The highest BCUT2D eigenvalue weighted by Gasteiger charge is 2.19. The fourth-order valence-corrected chi connectivity index (χ4v) is 3.62. The molecule has 0 fully saturated rings. The third-order valence-electron chi connectivity index (χ3n) is 3.93. The molecular weight excluding hydrogens is 298 g/mol. The Balaban J connectivity index is 1.84. The number of aromatic nitrogens is 1. The van der Waals surface area contributed by atoms with Crippen molar-refractivity contribution in [2.24, 2.45) is 5.73 Å². The van der Waals surface area contributed by atoms with E-state index in [0.29, 0.717) is 4.99 Å². The van der Waals surface area contributed by atoms with Crippen molar-refractivity contribution in [3.8, 4) is 0 Å². The third-order valence-corrected chi connectivity index (χ3v) is 5.09. The van der Waals surface area contributed by atoms with Crippen molar-refractivity contribution < 1.29 is 0 Å². The lowest BCUT2D eigenvalue weighted by Gasteiger charge is -2.22. The smallest absolute Gasteiger partial charge is 0.138 e. The molecule has 2 heterocycles. The van der Waals surface area contributed by atoms with Gasteiger partial charge in [0, 0.05) is 24.2 Å². The van der Waals surface area contributed by atoms with Crippen LogP contribution >= 0.6 is 23.6 Å². The lowest BCUT2D eigenvalue weighted by atomic mass is 10.1. The van der Waals surface area contributed by atoms with Gasteiger partial charge in [0.2, 0.25) is 0 Å². The lowest BCUT2D eigenvalue weighted by molar-refractivity contribution is 0.855. The normalized spacial score (nSPS) is 13.2. The van der Waals surface area contributed by atoms with Gasteiger partial charge in [0.1, 0.15) is 10.8 Å². The van der Waals surface area contributed by atoms with Crippen molar-refractivity contribution in [2.75, 3.05) is 18.5 Å². The lowest BCUT2D eigenvalue weighted by Crippen LogP contribution is -2.26. The Labute approximate surface area is 134 Å². The van der Waals surface area contributed by atoms with Crippen molar-refractivity contribution in [3.63, 3.8) is 0 Å².